The fourth-order valence-electron chi connectivity index (χ4n) is 3.85. The van der Waals surface area contributed by atoms with Gasteiger partial charge in [0.05, 0.1) is 6.21 Å². The van der Waals surface area contributed by atoms with Crippen molar-refractivity contribution >= 4 is 17.6 Å². The van der Waals surface area contributed by atoms with Crippen LogP contribution in [0.5, 0.6) is 0 Å². The van der Waals surface area contributed by atoms with Crippen LogP contribution in [0, 0.1) is 17.8 Å². The quantitative estimate of drug-likeness (QED) is 0.623. The Balaban J connectivity index is 1.57. The first kappa shape index (κ1) is 17.0. The smallest absolute Gasteiger partial charge is 0.144 e. The van der Waals surface area contributed by atoms with Crippen molar-refractivity contribution in [2.24, 2.45) is 22.2 Å². The molecule has 0 radical (unpaired) electrons. The summed E-state index contributed by atoms with van der Waals surface area (Å²) in [6.45, 7) is 9.34. The molecule has 1 heterocycles. The molecule has 0 amide bonds. The summed E-state index contributed by atoms with van der Waals surface area (Å²) in [6, 6.07) is 10.7. The Hall–Kier alpha value is -0.840. The van der Waals surface area contributed by atoms with Crippen LogP contribution in [0.4, 0.5) is 0 Å². The predicted molar refractivity (Wildman–Crippen MR) is 97.8 cm³/mol. The first-order valence-corrected chi connectivity index (χ1v) is 9.76. The average Bonchev–Trinajstić information content (AvgIpc) is 3.05. The lowest BCUT2D eigenvalue weighted by atomic mass is 9.93. The number of fused-ring (bicyclic) bond motifs is 1. The predicted octanol–water partition coefficient (Wildman–Crippen LogP) is 3.68. The van der Waals surface area contributed by atoms with Gasteiger partial charge < -0.3 is 4.55 Å². The van der Waals surface area contributed by atoms with Gasteiger partial charge in [-0.2, -0.15) is 0 Å². The molecule has 23 heavy (non-hydrogen) atoms. The van der Waals surface area contributed by atoms with E-state index >= 15 is 0 Å². The molecular weight excluding hydrogens is 304 g/mol. The summed E-state index contributed by atoms with van der Waals surface area (Å²) in [5.41, 5.74) is 1.39. The molecule has 1 saturated carbocycles. The fourth-order valence-corrected chi connectivity index (χ4v) is 4.43. The molecule has 2 fully saturated rings. The number of hydrogen-bond donors (Lipinski definition) is 0. The van der Waals surface area contributed by atoms with Crippen molar-refractivity contribution in [1.29, 1.82) is 0 Å². The summed E-state index contributed by atoms with van der Waals surface area (Å²) in [4.78, 5) is 2.57. The second-order valence-corrected chi connectivity index (χ2v) is 9.89. The second kappa shape index (κ2) is 6.96. The van der Waals surface area contributed by atoms with Crippen LogP contribution in [0.2, 0.25) is 0 Å². The molecule has 0 spiro atoms. The van der Waals surface area contributed by atoms with Gasteiger partial charge in [-0.05, 0) is 51.0 Å². The van der Waals surface area contributed by atoms with Gasteiger partial charge in [-0.3, -0.25) is 4.90 Å². The highest BCUT2D eigenvalue weighted by molar-refractivity contribution is 7.91. The lowest BCUT2D eigenvalue weighted by Gasteiger charge is -2.20. The molecule has 0 aromatic heterocycles. The molecule has 3 nitrogen and oxygen atoms in total. The van der Waals surface area contributed by atoms with E-state index in [1.165, 1.54) is 24.9 Å². The lowest BCUT2D eigenvalue weighted by Crippen LogP contribution is -2.27. The van der Waals surface area contributed by atoms with Crippen LogP contribution < -0.4 is 0 Å². The van der Waals surface area contributed by atoms with Gasteiger partial charge in [0.15, 0.2) is 0 Å². The maximum absolute atomic E-state index is 12.1. The van der Waals surface area contributed by atoms with E-state index in [-0.39, 0.29) is 4.75 Å². The Morgan fingerprint density at radius 3 is 2.65 bits per heavy atom. The maximum atomic E-state index is 12.1. The molecule has 1 aromatic carbocycles. The van der Waals surface area contributed by atoms with Gasteiger partial charge in [-0.15, -0.1) is 0 Å². The minimum absolute atomic E-state index is 0.260. The highest BCUT2D eigenvalue weighted by atomic mass is 32.2. The minimum Gasteiger partial charge on any atom is -0.591 e. The fraction of sp³-hybridized carbons (Fsp3) is 0.632. The Bertz CT molecular complexity index is 540. The summed E-state index contributed by atoms with van der Waals surface area (Å²) in [5.74, 6) is 1.99. The van der Waals surface area contributed by atoms with E-state index in [2.05, 4.69) is 39.6 Å². The van der Waals surface area contributed by atoms with Crippen LogP contribution in [0.1, 0.15) is 39.2 Å². The van der Waals surface area contributed by atoms with Crippen molar-refractivity contribution < 1.29 is 4.55 Å². The number of benzene rings is 1. The van der Waals surface area contributed by atoms with Crippen molar-refractivity contribution in [1.82, 2.24) is 4.90 Å². The normalized spacial score (nSPS) is 30.0. The van der Waals surface area contributed by atoms with Crippen LogP contribution in [-0.4, -0.2) is 33.5 Å². The molecule has 1 aromatic rings. The zero-order valence-corrected chi connectivity index (χ0v) is 15.3. The molecule has 4 heteroatoms. The second-order valence-electron chi connectivity index (χ2n) is 7.96. The third-order valence-electron chi connectivity index (χ3n) is 5.11. The Morgan fingerprint density at radius 2 is 1.96 bits per heavy atom. The van der Waals surface area contributed by atoms with Gasteiger partial charge in [0.1, 0.15) is 16.1 Å². The van der Waals surface area contributed by atoms with Crippen LogP contribution in [0.25, 0.3) is 0 Å². The van der Waals surface area contributed by atoms with Crippen molar-refractivity contribution in [3.05, 3.63) is 35.9 Å². The van der Waals surface area contributed by atoms with Crippen molar-refractivity contribution in [3.8, 4) is 0 Å². The van der Waals surface area contributed by atoms with Crippen molar-refractivity contribution in [2.75, 3.05) is 13.1 Å². The molecule has 0 bridgehead atoms. The number of likely N-dealkylation sites (tertiary alicyclic amines) is 1. The summed E-state index contributed by atoms with van der Waals surface area (Å²) in [6.07, 6.45) is 4.51. The van der Waals surface area contributed by atoms with Gasteiger partial charge in [-0.25, -0.2) is 0 Å². The molecule has 4 unspecified atom stereocenters. The molecule has 4 atom stereocenters. The van der Waals surface area contributed by atoms with E-state index in [0.717, 1.165) is 19.0 Å². The van der Waals surface area contributed by atoms with Gasteiger partial charge in [0.2, 0.25) is 0 Å². The summed E-state index contributed by atoms with van der Waals surface area (Å²) in [5, 5.41) is 0. The summed E-state index contributed by atoms with van der Waals surface area (Å²) in [7, 11) is 0. The maximum Gasteiger partial charge on any atom is 0.144 e. The first-order valence-electron chi connectivity index (χ1n) is 8.66. The van der Waals surface area contributed by atoms with E-state index in [4.69, 9.17) is 0 Å². The topological polar surface area (TPSA) is 38.7 Å². The Labute approximate surface area is 143 Å². The SMILES string of the molecule is CC(C)(C)[S+]([O-])/N=C\C1CCC2CN(Cc3ccccc3)CC12. The third kappa shape index (κ3) is 4.17. The molecule has 1 aliphatic carbocycles. The minimum atomic E-state index is -1.13. The monoisotopic (exact) mass is 332 g/mol. The Morgan fingerprint density at radius 1 is 1.22 bits per heavy atom. The van der Waals surface area contributed by atoms with Crippen LogP contribution in [0.15, 0.2) is 34.7 Å². The molecule has 2 aliphatic rings. The van der Waals surface area contributed by atoms with Gasteiger partial charge in [0.25, 0.3) is 0 Å². The standard InChI is InChI=1S/C19H28N2OS/c1-19(2,3)23(22)20-11-16-9-10-17-13-21(14-18(16)17)12-15-7-5-4-6-8-15/h4-8,11,16-18H,9-10,12-14H2,1-3H3/b20-11-. The Kier molecular flexibility index (Phi) is 5.14. The van der Waals surface area contributed by atoms with E-state index in [1.807, 2.05) is 27.0 Å². The number of rotatable bonds is 4. The molecule has 1 aliphatic heterocycles. The molecule has 0 N–H and O–H groups in total. The largest absolute Gasteiger partial charge is 0.591 e. The van der Waals surface area contributed by atoms with Crippen LogP contribution in [-0.2, 0) is 17.9 Å². The number of nitrogens with zero attached hydrogens (tertiary/aromatic N) is 2. The van der Waals surface area contributed by atoms with Crippen LogP contribution in [0.3, 0.4) is 0 Å². The van der Waals surface area contributed by atoms with Crippen molar-refractivity contribution in [2.45, 2.75) is 44.9 Å². The highest BCUT2D eigenvalue weighted by Crippen LogP contribution is 2.42. The first-order chi connectivity index (χ1) is 10.9. The number of hydrogen-bond acceptors (Lipinski definition) is 3. The summed E-state index contributed by atoms with van der Waals surface area (Å²) < 4.78 is 16.2. The molecule has 3 rings (SSSR count). The van der Waals surface area contributed by atoms with E-state index in [9.17, 15) is 4.55 Å². The van der Waals surface area contributed by atoms with E-state index < -0.39 is 11.4 Å². The van der Waals surface area contributed by atoms with Crippen LogP contribution >= 0.6 is 0 Å². The highest BCUT2D eigenvalue weighted by Gasteiger charge is 2.42. The van der Waals surface area contributed by atoms with Gasteiger partial charge >= 0.3 is 0 Å². The molecular formula is C19H28N2OS. The van der Waals surface area contributed by atoms with E-state index in [0.29, 0.717) is 11.8 Å². The average molecular weight is 333 g/mol. The van der Waals surface area contributed by atoms with Gasteiger partial charge in [0, 0.05) is 25.6 Å². The summed E-state index contributed by atoms with van der Waals surface area (Å²) >= 11 is -1.13. The van der Waals surface area contributed by atoms with Gasteiger partial charge in [-0.1, -0.05) is 34.7 Å². The lowest BCUT2D eigenvalue weighted by molar-refractivity contribution is 0.298. The third-order valence-corrected chi connectivity index (χ3v) is 6.47. The van der Waals surface area contributed by atoms with Crippen molar-refractivity contribution in [3.63, 3.8) is 0 Å². The molecule has 1 saturated heterocycles. The van der Waals surface area contributed by atoms with E-state index in [1.54, 1.807) is 0 Å². The zero-order valence-electron chi connectivity index (χ0n) is 14.4. The zero-order chi connectivity index (χ0) is 16.4. The molecule has 126 valence electrons.